The first-order chi connectivity index (χ1) is 11.6. The SMILES string of the molecule is Cc1ccc(C(C)N2CCN(c3ccc(C=O)cc3)CC2)cc1C. The van der Waals surface area contributed by atoms with E-state index < -0.39 is 0 Å². The fourth-order valence-electron chi connectivity index (χ4n) is 3.37. The number of carbonyl (C=O) groups is 1. The second-order valence-electron chi connectivity index (χ2n) is 6.75. The molecule has 0 bridgehead atoms. The number of rotatable bonds is 4. The standard InChI is InChI=1S/C21H26N2O/c1-16-4-7-20(14-17(16)2)18(3)22-10-12-23(13-11-22)21-8-5-19(15-24)6-9-21/h4-9,14-15,18H,10-13H2,1-3H3. The minimum Gasteiger partial charge on any atom is -0.369 e. The molecule has 1 saturated heterocycles. The highest BCUT2D eigenvalue weighted by atomic mass is 16.1. The van der Waals surface area contributed by atoms with Crippen LogP contribution < -0.4 is 4.90 Å². The number of hydrogen-bond donors (Lipinski definition) is 0. The van der Waals surface area contributed by atoms with Gasteiger partial charge in [-0.2, -0.15) is 0 Å². The molecule has 3 rings (SSSR count). The first kappa shape index (κ1) is 16.7. The maximum atomic E-state index is 10.8. The van der Waals surface area contributed by atoms with E-state index in [-0.39, 0.29) is 0 Å². The number of aryl methyl sites for hydroxylation is 2. The van der Waals surface area contributed by atoms with E-state index in [1.165, 1.54) is 22.4 Å². The second-order valence-corrected chi connectivity index (χ2v) is 6.75. The fourth-order valence-corrected chi connectivity index (χ4v) is 3.37. The van der Waals surface area contributed by atoms with Gasteiger partial charge in [-0.15, -0.1) is 0 Å². The van der Waals surface area contributed by atoms with Gasteiger partial charge in [0, 0.05) is 43.5 Å². The van der Waals surface area contributed by atoms with E-state index in [0.717, 1.165) is 38.0 Å². The predicted octanol–water partition coefficient (Wildman–Crippen LogP) is 4.00. The number of aldehydes is 1. The van der Waals surface area contributed by atoms with E-state index in [4.69, 9.17) is 0 Å². The Balaban J connectivity index is 1.63. The number of carbonyl (C=O) groups excluding carboxylic acids is 1. The summed E-state index contributed by atoms with van der Waals surface area (Å²) < 4.78 is 0. The maximum absolute atomic E-state index is 10.8. The molecule has 24 heavy (non-hydrogen) atoms. The highest BCUT2D eigenvalue weighted by Gasteiger charge is 2.22. The van der Waals surface area contributed by atoms with Crippen molar-refractivity contribution in [2.24, 2.45) is 0 Å². The van der Waals surface area contributed by atoms with E-state index >= 15 is 0 Å². The Bertz CT molecular complexity index is 700. The smallest absolute Gasteiger partial charge is 0.150 e. The zero-order chi connectivity index (χ0) is 17.1. The lowest BCUT2D eigenvalue weighted by Gasteiger charge is -2.39. The third-order valence-electron chi connectivity index (χ3n) is 5.27. The van der Waals surface area contributed by atoms with E-state index in [2.05, 4.69) is 48.8 Å². The highest BCUT2D eigenvalue weighted by molar-refractivity contribution is 5.75. The minimum absolute atomic E-state index is 0.448. The number of nitrogens with zero attached hydrogens (tertiary/aromatic N) is 2. The van der Waals surface area contributed by atoms with Crippen LogP contribution >= 0.6 is 0 Å². The topological polar surface area (TPSA) is 23.6 Å². The van der Waals surface area contributed by atoms with Gasteiger partial charge in [0.2, 0.25) is 0 Å². The molecule has 3 heteroatoms. The Hall–Kier alpha value is -2.13. The van der Waals surface area contributed by atoms with Crippen molar-refractivity contribution in [3.63, 3.8) is 0 Å². The van der Waals surface area contributed by atoms with Crippen molar-refractivity contribution in [1.82, 2.24) is 4.90 Å². The highest BCUT2D eigenvalue weighted by Crippen LogP contribution is 2.25. The molecule has 1 aliphatic rings. The van der Waals surface area contributed by atoms with Gasteiger partial charge in [-0.1, -0.05) is 18.2 Å². The molecule has 0 saturated carbocycles. The lowest BCUT2D eigenvalue weighted by atomic mass is 10.0. The molecule has 1 aliphatic heterocycles. The predicted molar refractivity (Wildman–Crippen MR) is 99.9 cm³/mol. The monoisotopic (exact) mass is 322 g/mol. The Morgan fingerprint density at radius 1 is 0.917 bits per heavy atom. The van der Waals surface area contributed by atoms with E-state index in [1.54, 1.807) is 0 Å². The Morgan fingerprint density at radius 3 is 2.17 bits per heavy atom. The zero-order valence-corrected chi connectivity index (χ0v) is 14.8. The van der Waals surface area contributed by atoms with Gasteiger partial charge in [0.1, 0.15) is 6.29 Å². The van der Waals surface area contributed by atoms with Crippen molar-refractivity contribution in [2.75, 3.05) is 31.1 Å². The summed E-state index contributed by atoms with van der Waals surface area (Å²) in [4.78, 5) is 15.7. The van der Waals surface area contributed by atoms with Crippen LogP contribution in [0.3, 0.4) is 0 Å². The summed E-state index contributed by atoms with van der Waals surface area (Å²) in [6, 6.07) is 15.1. The molecular weight excluding hydrogens is 296 g/mol. The third-order valence-corrected chi connectivity index (χ3v) is 5.27. The van der Waals surface area contributed by atoms with Crippen LogP contribution in [0.1, 0.15) is 40.0 Å². The van der Waals surface area contributed by atoms with Gasteiger partial charge in [-0.05, 0) is 61.7 Å². The van der Waals surface area contributed by atoms with Crippen LogP contribution in [-0.2, 0) is 0 Å². The van der Waals surface area contributed by atoms with Crippen LogP contribution in [-0.4, -0.2) is 37.4 Å². The molecule has 0 aromatic heterocycles. The summed E-state index contributed by atoms with van der Waals surface area (Å²) in [6.07, 6.45) is 0.896. The van der Waals surface area contributed by atoms with Crippen molar-refractivity contribution in [2.45, 2.75) is 26.8 Å². The molecule has 2 aromatic rings. The molecule has 1 fully saturated rings. The third kappa shape index (κ3) is 3.51. The summed E-state index contributed by atoms with van der Waals surface area (Å²) in [6.45, 7) is 10.8. The summed E-state index contributed by atoms with van der Waals surface area (Å²) in [5.74, 6) is 0. The molecule has 126 valence electrons. The van der Waals surface area contributed by atoms with Crippen LogP contribution in [0.5, 0.6) is 0 Å². The number of hydrogen-bond acceptors (Lipinski definition) is 3. The number of benzene rings is 2. The van der Waals surface area contributed by atoms with Crippen LogP contribution in [0.15, 0.2) is 42.5 Å². The quantitative estimate of drug-likeness (QED) is 0.795. The summed E-state index contributed by atoms with van der Waals surface area (Å²) in [5, 5.41) is 0. The largest absolute Gasteiger partial charge is 0.369 e. The molecular formula is C21H26N2O. The molecule has 0 N–H and O–H groups in total. The molecule has 0 spiro atoms. The first-order valence-corrected chi connectivity index (χ1v) is 8.70. The van der Waals surface area contributed by atoms with Crippen LogP contribution in [0, 0.1) is 13.8 Å². The average Bonchev–Trinajstić information content (AvgIpc) is 2.63. The minimum atomic E-state index is 0.448. The van der Waals surface area contributed by atoms with E-state index in [9.17, 15) is 4.79 Å². The summed E-state index contributed by atoms with van der Waals surface area (Å²) in [5.41, 5.74) is 6.07. The van der Waals surface area contributed by atoms with Crippen molar-refractivity contribution >= 4 is 12.0 Å². The van der Waals surface area contributed by atoms with E-state index in [1.807, 2.05) is 24.3 Å². The normalized spacial score (nSPS) is 16.9. The van der Waals surface area contributed by atoms with Gasteiger partial charge in [0.05, 0.1) is 0 Å². The van der Waals surface area contributed by atoms with Crippen molar-refractivity contribution in [3.8, 4) is 0 Å². The van der Waals surface area contributed by atoms with E-state index in [0.29, 0.717) is 6.04 Å². The van der Waals surface area contributed by atoms with Crippen molar-refractivity contribution in [1.29, 1.82) is 0 Å². The summed E-state index contributed by atoms with van der Waals surface area (Å²) in [7, 11) is 0. The number of anilines is 1. The van der Waals surface area contributed by atoms with Gasteiger partial charge in [-0.25, -0.2) is 0 Å². The first-order valence-electron chi connectivity index (χ1n) is 8.70. The van der Waals surface area contributed by atoms with Gasteiger partial charge in [0.15, 0.2) is 0 Å². The molecule has 0 aliphatic carbocycles. The molecule has 1 unspecified atom stereocenters. The van der Waals surface area contributed by atoms with Crippen LogP contribution in [0.4, 0.5) is 5.69 Å². The molecule has 3 nitrogen and oxygen atoms in total. The Labute approximate surface area is 144 Å². The molecule has 2 aromatic carbocycles. The molecule has 0 amide bonds. The molecule has 1 heterocycles. The lowest BCUT2D eigenvalue weighted by Crippen LogP contribution is -2.47. The average molecular weight is 322 g/mol. The van der Waals surface area contributed by atoms with Gasteiger partial charge in [-0.3, -0.25) is 9.69 Å². The van der Waals surface area contributed by atoms with Gasteiger partial charge in [0.25, 0.3) is 0 Å². The fraction of sp³-hybridized carbons (Fsp3) is 0.381. The van der Waals surface area contributed by atoms with Crippen LogP contribution in [0.2, 0.25) is 0 Å². The van der Waals surface area contributed by atoms with Crippen molar-refractivity contribution < 1.29 is 4.79 Å². The molecule has 0 radical (unpaired) electrons. The second kappa shape index (κ2) is 7.18. The van der Waals surface area contributed by atoms with Gasteiger partial charge < -0.3 is 4.90 Å². The van der Waals surface area contributed by atoms with Crippen molar-refractivity contribution in [3.05, 3.63) is 64.7 Å². The molecule has 1 atom stereocenters. The van der Waals surface area contributed by atoms with Crippen LogP contribution in [0.25, 0.3) is 0 Å². The number of piperazine rings is 1. The lowest BCUT2D eigenvalue weighted by molar-refractivity contribution is 0.112. The maximum Gasteiger partial charge on any atom is 0.150 e. The zero-order valence-electron chi connectivity index (χ0n) is 14.8. The Morgan fingerprint density at radius 2 is 1.58 bits per heavy atom. The Kier molecular flexibility index (Phi) is 5.00. The van der Waals surface area contributed by atoms with Gasteiger partial charge >= 0.3 is 0 Å². The summed E-state index contributed by atoms with van der Waals surface area (Å²) >= 11 is 0.